The fourth-order valence-corrected chi connectivity index (χ4v) is 5.03. The number of carbonyl (C=O) groups excluding carboxylic acids is 2. The molecule has 4 rings (SSSR count). The summed E-state index contributed by atoms with van der Waals surface area (Å²) in [6.45, 7) is 4.05. The Balaban J connectivity index is 1.26. The van der Waals surface area contributed by atoms with Crippen molar-refractivity contribution in [2.24, 2.45) is 0 Å². The maximum atomic E-state index is 12.5. The Bertz CT molecular complexity index is 642. The third-order valence-electron chi connectivity index (χ3n) is 5.57. The molecule has 0 spiro atoms. The highest BCUT2D eigenvalue weighted by molar-refractivity contribution is 7.14. The highest BCUT2D eigenvalue weighted by Crippen LogP contribution is 2.33. The number of hydrogen-bond donors (Lipinski definition) is 1. The topological polar surface area (TPSA) is 61.9 Å². The van der Waals surface area contributed by atoms with Crippen LogP contribution in [0.15, 0.2) is 12.1 Å². The zero-order valence-electron chi connectivity index (χ0n) is 15.1. The summed E-state index contributed by atoms with van der Waals surface area (Å²) in [5.41, 5.74) is 0. The number of thiophene rings is 1. The standard InChI is InChI=1S/C19H27N3O3S/c23-18(17-6-5-16(26-17)15-4-3-13-25-15)20-14-7-11-22(12-8-14)19(24)21-9-1-2-10-21/h5-6,14-15H,1-4,7-13H2,(H,20,23)/t15-/m1/s1. The lowest BCUT2D eigenvalue weighted by molar-refractivity contribution is 0.0916. The molecule has 1 N–H and O–H groups in total. The van der Waals surface area contributed by atoms with Crippen LogP contribution in [-0.4, -0.2) is 60.6 Å². The van der Waals surface area contributed by atoms with Crippen molar-refractivity contribution >= 4 is 23.3 Å². The Morgan fingerprint density at radius 1 is 1.00 bits per heavy atom. The van der Waals surface area contributed by atoms with E-state index in [1.165, 1.54) is 0 Å². The molecule has 3 aliphatic heterocycles. The van der Waals surface area contributed by atoms with Crippen LogP contribution in [0, 0.1) is 0 Å². The molecule has 7 heteroatoms. The van der Waals surface area contributed by atoms with Crippen LogP contribution in [0.25, 0.3) is 0 Å². The monoisotopic (exact) mass is 377 g/mol. The summed E-state index contributed by atoms with van der Waals surface area (Å²) in [6, 6.07) is 4.25. The average Bonchev–Trinajstić information content (AvgIpc) is 3.43. The summed E-state index contributed by atoms with van der Waals surface area (Å²) < 4.78 is 5.70. The first-order valence-electron chi connectivity index (χ1n) is 9.77. The maximum absolute atomic E-state index is 12.5. The van der Waals surface area contributed by atoms with E-state index in [1.807, 2.05) is 21.9 Å². The van der Waals surface area contributed by atoms with Gasteiger partial charge in [0.1, 0.15) is 0 Å². The van der Waals surface area contributed by atoms with Crippen molar-refractivity contribution in [1.29, 1.82) is 0 Å². The molecule has 0 radical (unpaired) electrons. The van der Waals surface area contributed by atoms with Gasteiger partial charge in [0.15, 0.2) is 0 Å². The molecule has 3 saturated heterocycles. The van der Waals surface area contributed by atoms with Gasteiger partial charge in [0.05, 0.1) is 11.0 Å². The molecular weight excluding hydrogens is 350 g/mol. The van der Waals surface area contributed by atoms with Gasteiger partial charge in [-0.15, -0.1) is 11.3 Å². The smallest absolute Gasteiger partial charge is 0.319 e. The fourth-order valence-electron chi connectivity index (χ4n) is 4.03. The van der Waals surface area contributed by atoms with Crippen LogP contribution < -0.4 is 5.32 Å². The summed E-state index contributed by atoms with van der Waals surface area (Å²) in [5.74, 6) is 0.00330. The number of rotatable bonds is 3. The second kappa shape index (κ2) is 7.96. The van der Waals surface area contributed by atoms with Crippen molar-refractivity contribution in [1.82, 2.24) is 15.1 Å². The van der Waals surface area contributed by atoms with Gasteiger partial charge < -0.3 is 19.9 Å². The maximum Gasteiger partial charge on any atom is 0.319 e. The molecule has 0 aromatic carbocycles. The molecule has 3 fully saturated rings. The quantitative estimate of drug-likeness (QED) is 0.881. The van der Waals surface area contributed by atoms with Crippen LogP contribution in [0.4, 0.5) is 4.79 Å². The molecule has 0 saturated carbocycles. The molecule has 3 amide bonds. The van der Waals surface area contributed by atoms with Crippen molar-refractivity contribution < 1.29 is 14.3 Å². The lowest BCUT2D eigenvalue weighted by Gasteiger charge is -2.34. The molecule has 3 aliphatic rings. The Kier molecular flexibility index (Phi) is 5.45. The molecule has 1 atom stereocenters. The van der Waals surface area contributed by atoms with Crippen LogP contribution >= 0.6 is 11.3 Å². The molecule has 6 nitrogen and oxygen atoms in total. The van der Waals surface area contributed by atoms with Crippen LogP contribution in [0.5, 0.6) is 0 Å². The predicted octanol–water partition coefficient (Wildman–Crippen LogP) is 3.01. The first-order chi connectivity index (χ1) is 12.7. The molecule has 1 aromatic heterocycles. The number of carbonyl (C=O) groups is 2. The van der Waals surface area contributed by atoms with Crippen molar-refractivity contribution in [3.8, 4) is 0 Å². The highest BCUT2D eigenvalue weighted by atomic mass is 32.1. The molecular formula is C19H27N3O3S. The predicted molar refractivity (Wildman–Crippen MR) is 101 cm³/mol. The van der Waals surface area contributed by atoms with E-state index in [9.17, 15) is 9.59 Å². The van der Waals surface area contributed by atoms with Crippen LogP contribution in [0.1, 0.15) is 59.2 Å². The van der Waals surface area contributed by atoms with E-state index in [0.717, 1.165) is 81.1 Å². The molecule has 0 aliphatic carbocycles. The van der Waals surface area contributed by atoms with Crippen LogP contribution in [0.3, 0.4) is 0 Å². The SMILES string of the molecule is O=C(NC1CCN(C(=O)N2CCCC2)CC1)c1ccc([C@H]2CCCO2)s1. The van der Waals surface area contributed by atoms with Gasteiger partial charge in [0, 0.05) is 43.7 Å². The second-order valence-electron chi connectivity index (χ2n) is 7.42. The Morgan fingerprint density at radius 3 is 2.42 bits per heavy atom. The Labute approximate surface area is 158 Å². The number of likely N-dealkylation sites (tertiary alicyclic amines) is 2. The number of hydrogen-bond acceptors (Lipinski definition) is 4. The molecule has 26 heavy (non-hydrogen) atoms. The summed E-state index contributed by atoms with van der Waals surface area (Å²) in [4.78, 5) is 30.8. The lowest BCUT2D eigenvalue weighted by Crippen LogP contribution is -2.50. The molecule has 4 heterocycles. The van der Waals surface area contributed by atoms with Gasteiger partial charge in [0.25, 0.3) is 5.91 Å². The average molecular weight is 378 g/mol. The molecule has 142 valence electrons. The van der Waals surface area contributed by atoms with Gasteiger partial charge in [0.2, 0.25) is 0 Å². The molecule has 1 aromatic rings. The Morgan fingerprint density at radius 2 is 1.73 bits per heavy atom. The molecule has 0 bridgehead atoms. The third kappa shape index (κ3) is 3.88. The van der Waals surface area contributed by atoms with E-state index in [1.54, 1.807) is 11.3 Å². The summed E-state index contributed by atoms with van der Waals surface area (Å²) in [5, 5.41) is 3.15. The van der Waals surface area contributed by atoms with Gasteiger partial charge in [-0.05, 0) is 50.7 Å². The number of nitrogens with zero attached hydrogens (tertiary/aromatic N) is 2. The minimum Gasteiger partial charge on any atom is -0.373 e. The largest absolute Gasteiger partial charge is 0.373 e. The number of urea groups is 1. The normalized spacial score (nSPS) is 24.2. The lowest BCUT2D eigenvalue weighted by atomic mass is 10.1. The van der Waals surface area contributed by atoms with Crippen molar-refractivity contribution in [3.05, 3.63) is 21.9 Å². The Hall–Kier alpha value is -1.60. The fraction of sp³-hybridized carbons (Fsp3) is 0.684. The first-order valence-corrected chi connectivity index (χ1v) is 10.6. The van der Waals surface area contributed by atoms with E-state index in [4.69, 9.17) is 4.74 Å². The van der Waals surface area contributed by atoms with Gasteiger partial charge in [-0.3, -0.25) is 4.79 Å². The van der Waals surface area contributed by atoms with Crippen LogP contribution in [0.2, 0.25) is 0 Å². The van der Waals surface area contributed by atoms with E-state index in [-0.39, 0.29) is 24.1 Å². The van der Waals surface area contributed by atoms with Crippen molar-refractivity contribution in [2.75, 3.05) is 32.8 Å². The zero-order chi connectivity index (χ0) is 17.9. The summed E-state index contributed by atoms with van der Waals surface area (Å²) >= 11 is 1.54. The van der Waals surface area contributed by atoms with Gasteiger partial charge in [-0.1, -0.05) is 0 Å². The number of amides is 3. The van der Waals surface area contributed by atoms with Crippen molar-refractivity contribution in [3.63, 3.8) is 0 Å². The molecule has 0 unspecified atom stereocenters. The second-order valence-corrected chi connectivity index (χ2v) is 8.53. The third-order valence-corrected chi connectivity index (χ3v) is 6.75. The van der Waals surface area contributed by atoms with Crippen LogP contribution in [-0.2, 0) is 4.74 Å². The number of piperidine rings is 1. The van der Waals surface area contributed by atoms with Gasteiger partial charge in [-0.2, -0.15) is 0 Å². The van der Waals surface area contributed by atoms with Gasteiger partial charge in [-0.25, -0.2) is 4.79 Å². The minimum absolute atomic E-state index is 0.00330. The summed E-state index contributed by atoms with van der Waals surface area (Å²) in [6.07, 6.45) is 6.20. The number of ether oxygens (including phenoxy) is 1. The van der Waals surface area contributed by atoms with E-state index < -0.39 is 0 Å². The van der Waals surface area contributed by atoms with E-state index >= 15 is 0 Å². The zero-order valence-corrected chi connectivity index (χ0v) is 15.9. The summed E-state index contributed by atoms with van der Waals surface area (Å²) in [7, 11) is 0. The van der Waals surface area contributed by atoms with E-state index in [2.05, 4.69) is 5.32 Å². The number of nitrogens with one attached hydrogen (secondary N) is 1. The first kappa shape index (κ1) is 17.8. The van der Waals surface area contributed by atoms with Crippen molar-refractivity contribution in [2.45, 2.75) is 50.7 Å². The minimum atomic E-state index is 0.00330. The van der Waals surface area contributed by atoms with Gasteiger partial charge >= 0.3 is 6.03 Å². The van der Waals surface area contributed by atoms with E-state index in [0.29, 0.717) is 0 Å². The highest BCUT2D eigenvalue weighted by Gasteiger charge is 2.29.